The summed E-state index contributed by atoms with van der Waals surface area (Å²) in [6.07, 6.45) is 1.57. The molecule has 2 aromatic carbocycles. The fourth-order valence-corrected chi connectivity index (χ4v) is 5.03. The van der Waals surface area contributed by atoms with Crippen LogP contribution in [0.25, 0.3) is 5.69 Å². The second kappa shape index (κ2) is 10.0. The first-order valence-corrected chi connectivity index (χ1v) is 12.6. The van der Waals surface area contributed by atoms with E-state index in [1.165, 1.54) is 23.9 Å². The van der Waals surface area contributed by atoms with Crippen molar-refractivity contribution < 1.29 is 13.2 Å². The summed E-state index contributed by atoms with van der Waals surface area (Å²) in [5.41, 5.74) is 2.26. The largest absolute Gasteiger partial charge is 0.325 e. The summed E-state index contributed by atoms with van der Waals surface area (Å²) in [7, 11) is -3.59. The van der Waals surface area contributed by atoms with Crippen molar-refractivity contribution in [2.75, 3.05) is 5.32 Å². The third-order valence-corrected chi connectivity index (χ3v) is 7.56. The number of nitrogens with one attached hydrogen (secondary N) is 2. The van der Waals surface area contributed by atoms with E-state index in [0.29, 0.717) is 15.9 Å². The Morgan fingerprint density at radius 1 is 1.12 bits per heavy atom. The third kappa shape index (κ3) is 5.89. The molecule has 3 aromatic rings. The van der Waals surface area contributed by atoms with Crippen molar-refractivity contribution in [3.05, 3.63) is 59.4 Å². The fraction of sp³-hybridized carbons (Fsp3) is 0.286. The lowest BCUT2D eigenvalue weighted by Gasteiger charge is -2.14. The Hall–Kier alpha value is -2.40. The molecule has 32 heavy (non-hydrogen) atoms. The number of thioether (sulfide) groups is 1. The maximum atomic E-state index is 12.7. The van der Waals surface area contributed by atoms with E-state index in [-0.39, 0.29) is 16.8 Å². The summed E-state index contributed by atoms with van der Waals surface area (Å²) < 4.78 is 28.7. The first-order chi connectivity index (χ1) is 15.1. The van der Waals surface area contributed by atoms with E-state index in [1.54, 1.807) is 43.8 Å². The Labute approximate surface area is 196 Å². The van der Waals surface area contributed by atoms with Crippen LogP contribution in [0.5, 0.6) is 0 Å². The lowest BCUT2D eigenvalue weighted by atomic mass is 10.2. The van der Waals surface area contributed by atoms with Crippen LogP contribution in [0.2, 0.25) is 5.02 Å². The van der Waals surface area contributed by atoms with E-state index in [0.717, 1.165) is 11.3 Å². The molecule has 0 fully saturated rings. The van der Waals surface area contributed by atoms with E-state index < -0.39 is 15.3 Å². The first kappa shape index (κ1) is 24.2. The number of carbonyl (C=O) groups is 1. The summed E-state index contributed by atoms with van der Waals surface area (Å²) in [4.78, 5) is 12.8. The van der Waals surface area contributed by atoms with E-state index in [9.17, 15) is 13.2 Å². The highest BCUT2D eigenvalue weighted by Crippen LogP contribution is 2.27. The minimum absolute atomic E-state index is 0.136. The van der Waals surface area contributed by atoms with Crippen LogP contribution < -0.4 is 10.0 Å². The molecule has 0 spiro atoms. The van der Waals surface area contributed by atoms with Crippen LogP contribution in [0.4, 0.5) is 5.69 Å². The van der Waals surface area contributed by atoms with E-state index in [4.69, 9.17) is 11.6 Å². The van der Waals surface area contributed by atoms with E-state index in [2.05, 4.69) is 20.2 Å². The van der Waals surface area contributed by atoms with Crippen molar-refractivity contribution in [1.82, 2.24) is 19.5 Å². The average molecular weight is 494 g/mol. The molecule has 11 heteroatoms. The van der Waals surface area contributed by atoms with Crippen LogP contribution in [-0.4, -0.2) is 40.4 Å². The van der Waals surface area contributed by atoms with Gasteiger partial charge in [-0.1, -0.05) is 29.4 Å². The molecule has 2 N–H and O–H groups in total. The maximum absolute atomic E-state index is 12.7. The van der Waals surface area contributed by atoms with E-state index in [1.807, 2.05) is 25.1 Å². The van der Waals surface area contributed by atoms with Gasteiger partial charge in [-0.2, -0.15) is 0 Å². The molecule has 0 saturated heterocycles. The quantitative estimate of drug-likeness (QED) is 0.459. The molecule has 0 radical (unpaired) electrons. The van der Waals surface area contributed by atoms with Gasteiger partial charge in [-0.15, -0.1) is 10.2 Å². The van der Waals surface area contributed by atoms with Crippen molar-refractivity contribution in [1.29, 1.82) is 0 Å². The van der Waals surface area contributed by atoms with E-state index >= 15 is 0 Å². The van der Waals surface area contributed by atoms with Crippen LogP contribution >= 0.6 is 23.4 Å². The molecule has 3 rings (SSSR count). The summed E-state index contributed by atoms with van der Waals surface area (Å²) in [5, 5.41) is 11.6. The average Bonchev–Trinajstić information content (AvgIpc) is 3.17. The normalized spacial score (nSPS) is 12.7. The lowest BCUT2D eigenvalue weighted by molar-refractivity contribution is -0.115. The highest BCUT2D eigenvalue weighted by Gasteiger charge is 2.20. The van der Waals surface area contributed by atoms with Gasteiger partial charge in [-0.05, 0) is 69.7 Å². The highest BCUT2D eigenvalue weighted by atomic mass is 35.5. The van der Waals surface area contributed by atoms with Crippen molar-refractivity contribution in [2.24, 2.45) is 0 Å². The molecule has 1 unspecified atom stereocenters. The van der Waals surface area contributed by atoms with Crippen molar-refractivity contribution in [2.45, 2.75) is 49.0 Å². The monoisotopic (exact) mass is 493 g/mol. The molecule has 1 heterocycles. The van der Waals surface area contributed by atoms with Gasteiger partial charge in [0.1, 0.15) is 6.33 Å². The smallest absolute Gasteiger partial charge is 0.240 e. The van der Waals surface area contributed by atoms with Gasteiger partial charge in [-0.25, -0.2) is 13.1 Å². The standard InChI is InChI=1S/C21H24ClN5O3S2/c1-13(2)26-32(29,30)18-9-6-16(7-10-18)24-20(28)15(4)31-21-25-23-12-27(21)17-8-5-14(3)19(22)11-17/h5-13,15,26H,1-4H3,(H,24,28). The lowest BCUT2D eigenvalue weighted by Crippen LogP contribution is -2.30. The fourth-order valence-electron chi connectivity index (χ4n) is 2.76. The molecule has 0 aliphatic carbocycles. The van der Waals surface area contributed by atoms with Gasteiger partial charge in [0, 0.05) is 16.8 Å². The molecular weight excluding hydrogens is 470 g/mol. The van der Waals surface area contributed by atoms with Gasteiger partial charge in [-0.3, -0.25) is 9.36 Å². The number of benzene rings is 2. The van der Waals surface area contributed by atoms with Crippen LogP contribution in [0.15, 0.2) is 58.8 Å². The molecular formula is C21H24ClN5O3S2. The predicted molar refractivity (Wildman–Crippen MR) is 127 cm³/mol. The number of nitrogens with zero attached hydrogens (tertiary/aromatic N) is 3. The van der Waals surface area contributed by atoms with Crippen LogP contribution in [0.3, 0.4) is 0 Å². The summed E-state index contributed by atoms with van der Waals surface area (Å²) in [5.74, 6) is -0.248. The molecule has 0 bridgehead atoms. The second-order valence-electron chi connectivity index (χ2n) is 7.47. The Kier molecular flexibility index (Phi) is 7.60. The Morgan fingerprint density at radius 3 is 2.44 bits per heavy atom. The molecule has 0 saturated carbocycles. The molecule has 1 amide bonds. The number of amides is 1. The van der Waals surface area contributed by atoms with Gasteiger partial charge in [0.15, 0.2) is 5.16 Å². The predicted octanol–water partition coefficient (Wildman–Crippen LogP) is 4.04. The van der Waals surface area contributed by atoms with Crippen LogP contribution in [-0.2, 0) is 14.8 Å². The maximum Gasteiger partial charge on any atom is 0.240 e. The number of sulfonamides is 1. The Balaban J connectivity index is 1.67. The zero-order valence-electron chi connectivity index (χ0n) is 18.0. The zero-order chi connectivity index (χ0) is 23.5. The molecule has 0 aliphatic heterocycles. The van der Waals surface area contributed by atoms with Crippen molar-refractivity contribution in [3.8, 4) is 5.69 Å². The number of carbonyl (C=O) groups excluding carboxylic acids is 1. The first-order valence-electron chi connectivity index (χ1n) is 9.83. The van der Waals surface area contributed by atoms with Gasteiger partial charge in [0.05, 0.1) is 15.8 Å². The molecule has 8 nitrogen and oxygen atoms in total. The van der Waals surface area contributed by atoms with Crippen molar-refractivity contribution >= 4 is 45.0 Å². The number of aromatic nitrogens is 3. The van der Waals surface area contributed by atoms with Crippen molar-refractivity contribution in [3.63, 3.8) is 0 Å². The number of hydrogen-bond acceptors (Lipinski definition) is 6. The molecule has 1 aromatic heterocycles. The van der Waals surface area contributed by atoms with Crippen LogP contribution in [0.1, 0.15) is 26.3 Å². The minimum Gasteiger partial charge on any atom is -0.325 e. The van der Waals surface area contributed by atoms with Crippen LogP contribution in [0, 0.1) is 6.92 Å². The summed E-state index contributed by atoms with van der Waals surface area (Å²) in [6.45, 7) is 7.18. The van der Waals surface area contributed by atoms with Gasteiger partial charge in [0.25, 0.3) is 0 Å². The molecule has 0 aliphatic rings. The number of aryl methyl sites for hydroxylation is 1. The molecule has 170 valence electrons. The summed E-state index contributed by atoms with van der Waals surface area (Å²) >= 11 is 7.48. The minimum atomic E-state index is -3.59. The summed E-state index contributed by atoms with van der Waals surface area (Å²) in [6, 6.07) is 11.4. The number of rotatable bonds is 8. The SMILES string of the molecule is Cc1ccc(-n2cnnc2SC(C)C(=O)Nc2ccc(S(=O)(=O)NC(C)C)cc2)cc1Cl. The third-order valence-electron chi connectivity index (χ3n) is 4.42. The highest BCUT2D eigenvalue weighted by molar-refractivity contribution is 8.00. The Bertz CT molecular complexity index is 1210. The second-order valence-corrected chi connectivity index (χ2v) is 10.9. The van der Waals surface area contributed by atoms with Gasteiger partial charge < -0.3 is 5.32 Å². The zero-order valence-corrected chi connectivity index (χ0v) is 20.4. The number of anilines is 1. The topological polar surface area (TPSA) is 106 Å². The van der Waals surface area contributed by atoms with Gasteiger partial charge in [0.2, 0.25) is 15.9 Å². The Morgan fingerprint density at radius 2 is 1.81 bits per heavy atom. The van der Waals surface area contributed by atoms with Gasteiger partial charge >= 0.3 is 0 Å². The molecule has 1 atom stereocenters. The number of hydrogen-bond donors (Lipinski definition) is 2. The number of halogens is 1.